The van der Waals surface area contributed by atoms with Crippen LogP contribution in [0.15, 0.2) is 59.7 Å². The predicted octanol–water partition coefficient (Wildman–Crippen LogP) is 2.34. The average molecular weight is 389 g/mol. The number of aryl methyl sites for hydroxylation is 2. The molecule has 0 saturated heterocycles. The summed E-state index contributed by atoms with van der Waals surface area (Å²) in [5.41, 5.74) is 3.89. The van der Waals surface area contributed by atoms with E-state index in [1.807, 2.05) is 62.4 Å². The second kappa shape index (κ2) is 7.67. The van der Waals surface area contributed by atoms with Gasteiger partial charge in [0.2, 0.25) is 0 Å². The molecule has 0 spiro atoms. The molecule has 2 aromatic heterocycles. The van der Waals surface area contributed by atoms with E-state index < -0.39 is 11.5 Å². The highest BCUT2D eigenvalue weighted by atomic mass is 16.5. The summed E-state index contributed by atoms with van der Waals surface area (Å²) in [6, 6.07) is 15.2. The molecule has 2 aromatic carbocycles. The van der Waals surface area contributed by atoms with Crippen molar-refractivity contribution >= 4 is 17.1 Å². The topological polar surface area (TPSA) is 91.9 Å². The number of rotatable bonds is 5. The van der Waals surface area contributed by atoms with E-state index in [4.69, 9.17) is 4.74 Å². The minimum absolute atomic E-state index is 0.0987. The summed E-state index contributed by atoms with van der Waals surface area (Å²) in [6.07, 6.45) is 1.31. The molecule has 0 bridgehead atoms. The minimum atomic E-state index is -0.529. The summed E-state index contributed by atoms with van der Waals surface area (Å²) in [5.74, 6) is -0.529. The molecule has 0 aliphatic rings. The van der Waals surface area contributed by atoms with Crippen LogP contribution in [0.2, 0.25) is 0 Å². The maximum Gasteiger partial charge on any atom is 0.326 e. The molecule has 0 fully saturated rings. The number of carbonyl (C=O) groups excluding carboxylic acids is 1. The number of nitrogens with zero attached hydrogens (tertiary/aromatic N) is 5. The summed E-state index contributed by atoms with van der Waals surface area (Å²) in [4.78, 5) is 29.1. The Kier molecular flexibility index (Phi) is 4.90. The molecule has 0 amide bonds. The van der Waals surface area contributed by atoms with Crippen molar-refractivity contribution in [2.75, 3.05) is 0 Å². The van der Waals surface area contributed by atoms with E-state index in [9.17, 15) is 9.59 Å². The van der Waals surface area contributed by atoms with Gasteiger partial charge in [0.15, 0.2) is 11.2 Å². The van der Waals surface area contributed by atoms with Crippen molar-refractivity contribution in [3.8, 4) is 5.69 Å². The van der Waals surface area contributed by atoms with Crippen LogP contribution in [-0.4, -0.2) is 30.5 Å². The van der Waals surface area contributed by atoms with Crippen molar-refractivity contribution in [2.45, 2.75) is 27.0 Å². The van der Waals surface area contributed by atoms with Crippen molar-refractivity contribution in [1.29, 1.82) is 0 Å². The molecule has 0 N–H and O–H groups in total. The average Bonchev–Trinajstić information content (AvgIpc) is 3.16. The Hall–Kier alpha value is -3.81. The predicted molar refractivity (Wildman–Crippen MR) is 107 cm³/mol. The van der Waals surface area contributed by atoms with Gasteiger partial charge in [-0.3, -0.25) is 14.2 Å². The Bertz CT molecular complexity index is 1240. The number of aromatic nitrogens is 5. The highest BCUT2D eigenvalue weighted by molar-refractivity contribution is 5.72. The molecule has 0 aliphatic carbocycles. The Morgan fingerprint density at radius 2 is 1.86 bits per heavy atom. The molecule has 0 atom stereocenters. The van der Waals surface area contributed by atoms with Crippen LogP contribution in [0.25, 0.3) is 16.9 Å². The fourth-order valence-corrected chi connectivity index (χ4v) is 2.91. The van der Waals surface area contributed by atoms with Crippen LogP contribution in [0.4, 0.5) is 0 Å². The van der Waals surface area contributed by atoms with Gasteiger partial charge < -0.3 is 4.74 Å². The van der Waals surface area contributed by atoms with Gasteiger partial charge in [0, 0.05) is 0 Å². The van der Waals surface area contributed by atoms with Crippen LogP contribution < -0.4 is 5.56 Å². The molecular weight excluding hydrogens is 370 g/mol. The molecular formula is C21H19N5O3. The smallest absolute Gasteiger partial charge is 0.326 e. The Morgan fingerprint density at radius 3 is 2.62 bits per heavy atom. The van der Waals surface area contributed by atoms with Crippen LogP contribution in [0, 0.1) is 13.8 Å². The molecule has 8 heteroatoms. The molecule has 2 heterocycles. The lowest BCUT2D eigenvalue weighted by molar-refractivity contribution is -0.145. The largest absolute Gasteiger partial charge is 0.459 e. The van der Waals surface area contributed by atoms with Crippen molar-refractivity contribution in [3.63, 3.8) is 0 Å². The highest BCUT2D eigenvalue weighted by Crippen LogP contribution is 2.16. The lowest BCUT2D eigenvalue weighted by Crippen LogP contribution is -2.26. The van der Waals surface area contributed by atoms with Crippen molar-refractivity contribution in [2.24, 2.45) is 0 Å². The fraction of sp³-hybridized carbons (Fsp3) is 0.190. The number of benzene rings is 2. The first-order valence-electron chi connectivity index (χ1n) is 9.11. The fourth-order valence-electron chi connectivity index (χ4n) is 2.91. The van der Waals surface area contributed by atoms with Crippen LogP contribution in [-0.2, 0) is 22.7 Å². The maximum atomic E-state index is 12.7. The van der Waals surface area contributed by atoms with Gasteiger partial charge in [0.25, 0.3) is 5.56 Å². The lowest BCUT2D eigenvalue weighted by Gasteiger charge is -2.07. The highest BCUT2D eigenvalue weighted by Gasteiger charge is 2.15. The standard InChI is InChI=1S/C21H19N5O3/c1-14-8-9-17(10-15(14)2)26-20-19(23-24-26)21(28)25(13-22-20)11-18(27)29-12-16-6-4-3-5-7-16/h3-10,13H,11-12H2,1-2H3. The van der Waals surface area contributed by atoms with E-state index in [0.29, 0.717) is 5.65 Å². The quantitative estimate of drug-likeness (QED) is 0.487. The van der Waals surface area contributed by atoms with E-state index >= 15 is 0 Å². The molecule has 0 aliphatic heterocycles. The van der Waals surface area contributed by atoms with E-state index in [-0.39, 0.29) is 18.7 Å². The monoisotopic (exact) mass is 389 g/mol. The summed E-state index contributed by atoms with van der Waals surface area (Å²) in [6.45, 7) is 3.92. The van der Waals surface area contributed by atoms with Gasteiger partial charge in [0.1, 0.15) is 19.5 Å². The number of ether oxygens (including phenoxy) is 1. The van der Waals surface area contributed by atoms with Crippen molar-refractivity contribution in [3.05, 3.63) is 81.9 Å². The van der Waals surface area contributed by atoms with Crippen molar-refractivity contribution in [1.82, 2.24) is 24.5 Å². The third kappa shape index (κ3) is 3.77. The lowest BCUT2D eigenvalue weighted by atomic mass is 10.1. The van der Waals surface area contributed by atoms with E-state index in [1.165, 1.54) is 15.6 Å². The van der Waals surface area contributed by atoms with Gasteiger partial charge in [0.05, 0.1) is 5.69 Å². The van der Waals surface area contributed by atoms with Gasteiger partial charge in [-0.2, -0.15) is 4.68 Å². The number of fused-ring (bicyclic) bond motifs is 1. The first kappa shape index (κ1) is 18.5. The Labute approximate surface area is 166 Å². The van der Waals surface area contributed by atoms with Crippen LogP contribution in [0.5, 0.6) is 0 Å². The van der Waals surface area contributed by atoms with Crippen LogP contribution in [0.1, 0.15) is 16.7 Å². The number of carbonyl (C=O) groups is 1. The number of hydrogen-bond acceptors (Lipinski definition) is 6. The van der Waals surface area contributed by atoms with Crippen molar-refractivity contribution < 1.29 is 9.53 Å². The summed E-state index contributed by atoms with van der Waals surface area (Å²) < 4.78 is 7.92. The van der Waals surface area contributed by atoms with Crippen LogP contribution in [0.3, 0.4) is 0 Å². The zero-order valence-corrected chi connectivity index (χ0v) is 16.1. The zero-order valence-electron chi connectivity index (χ0n) is 16.1. The third-order valence-electron chi connectivity index (χ3n) is 4.71. The summed E-state index contributed by atoms with van der Waals surface area (Å²) in [5, 5.41) is 8.04. The Balaban J connectivity index is 1.56. The SMILES string of the molecule is Cc1ccc(-n2nnc3c(=O)n(CC(=O)OCc4ccccc4)cnc32)cc1C. The molecule has 29 heavy (non-hydrogen) atoms. The first-order chi connectivity index (χ1) is 14.0. The number of hydrogen-bond donors (Lipinski definition) is 0. The molecule has 0 unspecified atom stereocenters. The summed E-state index contributed by atoms with van der Waals surface area (Å²) in [7, 11) is 0. The van der Waals surface area contributed by atoms with Gasteiger partial charge in [-0.25, -0.2) is 4.98 Å². The van der Waals surface area contributed by atoms with Gasteiger partial charge in [-0.05, 0) is 42.7 Å². The maximum absolute atomic E-state index is 12.7. The molecule has 4 aromatic rings. The normalized spacial score (nSPS) is 11.0. The van der Waals surface area contributed by atoms with E-state index in [1.54, 1.807) is 0 Å². The summed E-state index contributed by atoms with van der Waals surface area (Å²) >= 11 is 0. The van der Waals surface area contributed by atoms with Gasteiger partial charge in [-0.1, -0.05) is 41.6 Å². The molecule has 0 radical (unpaired) electrons. The second-order valence-electron chi connectivity index (χ2n) is 6.77. The molecule has 8 nitrogen and oxygen atoms in total. The Morgan fingerprint density at radius 1 is 1.07 bits per heavy atom. The first-order valence-corrected chi connectivity index (χ1v) is 9.11. The zero-order chi connectivity index (χ0) is 20.4. The second-order valence-corrected chi connectivity index (χ2v) is 6.77. The third-order valence-corrected chi connectivity index (χ3v) is 4.71. The van der Waals surface area contributed by atoms with E-state index in [0.717, 1.165) is 22.4 Å². The van der Waals surface area contributed by atoms with Gasteiger partial charge in [-0.15, -0.1) is 5.10 Å². The molecule has 146 valence electrons. The molecule has 0 saturated carbocycles. The van der Waals surface area contributed by atoms with Crippen LogP contribution >= 0.6 is 0 Å². The number of esters is 1. The molecule has 4 rings (SSSR count). The van der Waals surface area contributed by atoms with Gasteiger partial charge >= 0.3 is 5.97 Å². The van der Waals surface area contributed by atoms with E-state index in [2.05, 4.69) is 15.3 Å². The minimum Gasteiger partial charge on any atom is -0.459 e.